The molecule has 0 atom stereocenters. The van der Waals surface area contributed by atoms with Crippen LogP contribution < -0.4 is 5.32 Å². The summed E-state index contributed by atoms with van der Waals surface area (Å²) < 4.78 is 1.99. The second-order valence-corrected chi connectivity index (χ2v) is 4.93. The van der Waals surface area contributed by atoms with Crippen LogP contribution in [0.3, 0.4) is 0 Å². The van der Waals surface area contributed by atoms with E-state index in [2.05, 4.69) is 32.2 Å². The normalized spacial score (nSPS) is 10.6. The molecule has 2 aromatic rings. The molecule has 1 heterocycles. The van der Waals surface area contributed by atoms with Gasteiger partial charge in [0, 0.05) is 17.8 Å². The standard InChI is InChI=1S/C17H22N4/c1-4-16-15(12-19-6-3)17(5-2)21(20-16)14-9-7-8-13(10-14)11-18/h7-10,19H,4-6,12H2,1-3H3. The molecule has 0 saturated carbocycles. The van der Waals surface area contributed by atoms with Crippen molar-refractivity contribution >= 4 is 0 Å². The van der Waals surface area contributed by atoms with E-state index in [1.165, 1.54) is 11.3 Å². The van der Waals surface area contributed by atoms with Crippen LogP contribution in [0.25, 0.3) is 5.69 Å². The molecule has 1 aromatic heterocycles. The first kappa shape index (κ1) is 15.3. The Morgan fingerprint density at radius 3 is 2.67 bits per heavy atom. The van der Waals surface area contributed by atoms with Gasteiger partial charge in [-0.1, -0.05) is 26.8 Å². The number of benzene rings is 1. The molecular weight excluding hydrogens is 260 g/mol. The van der Waals surface area contributed by atoms with Crippen molar-refractivity contribution in [2.45, 2.75) is 40.2 Å². The van der Waals surface area contributed by atoms with Crippen LogP contribution in [0.4, 0.5) is 0 Å². The SMILES string of the molecule is CCNCc1c(CC)nn(-c2cccc(C#N)c2)c1CC. The monoisotopic (exact) mass is 282 g/mol. The molecule has 0 unspecified atom stereocenters. The van der Waals surface area contributed by atoms with E-state index >= 15 is 0 Å². The van der Waals surface area contributed by atoms with Gasteiger partial charge in [0.2, 0.25) is 0 Å². The maximum Gasteiger partial charge on any atom is 0.0992 e. The summed E-state index contributed by atoms with van der Waals surface area (Å²) in [6, 6.07) is 9.81. The van der Waals surface area contributed by atoms with Crippen molar-refractivity contribution in [3.05, 3.63) is 46.8 Å². The molecule has 0 aliphatic rings. The quantitative estimate of drug-likeness (QED) is 0.886. The molecule has 0 fully saturated rings. The van der Waals surface area contributed by atoms with Crippen molar-refractivity contribution in [3.63, 3.8) is 0 Å². The van der Waals surface area contributed by atoms with E-state index in [-0.39, 0.29) is 0 Å². The van der Waals surface area contributed by atoms with Crippen molar-refractivity contribution in [1.29, 1.82) is 5.26 Å². The maximum atomic E-state index is 9.07. The van der Waals surface area contributed by atoms with E-state index in [0.29, 0.717) is 5.56 Å². The first-order chi connectivity index (χ1) is 10.2. The summed E-state index contributed by atoms with van der Waals surface area (Å²) in [5.74, 6) is 0. The highest BCUT2D eigenvalue weighted by Gasteiger charge is 2.16. The van der Waals surface area contributed by atoms with Crippen LogP contribution in [0.1, 0.15) is 43.3 Å². The highest BCUT2D eigenvalue weighted by atomic mass is 15.3. The van der Waals surface area contributed by atoms with Crippen LogP contribution in [0, 0.1) is 11.3 Å². The summed E-state index contributed by atoms with van der Waals surface area (Å²) >= 11 is 0. The van der Waals surface area contributed by atoms with E-state index in [1.807, 2.05) is 28.9 Å². The van der Waals surface area contributed by atoms with Crippen molar-refractivity contribution in [3.8, 4) is 11.8 Å². The van der Waals surface area contributed by atoms with E-state index in [9.17, 15) is 0 Å². The molecule has 0 aliphatic heterocycles. The number of hydrogen-bond donors (Lipinski definition) is 1. The lowest BCUT2D eigenvalue weighted by molar-refractivity contribution is 0.712. The molecule has 0 radical (unpaired) electrons. The third kappa shape index (κ3) is 3.14. The van der Waals surface area contributed by atoms with Gasteiger partial charge in [-0.2, -0.15) is 10.4 Å². The zero-order valence-corrected chi connectivity index (χ0v) is 13.0. The molecule has 0 spiro atoms. The summed E-state index contributed by atoms with van der Waals surface area (Å²) in [6.07, 6.45) is 1.84. The number of nitrogens with zero attached hydrogens (tertiary/aromatic N) is 3. The van der Waals surface area contributed by atoms with Crippen LogP contribution in [0.5, 0.6) is 0 Å². The fourth-order valence-electron chi connectivity index (χ4n) is 2.56. The van der Waals surface area contributed by atoms with Crippen molar-refractivity contribution in [2.75, 3.05) is 6.54 Å². The Labute approximate surface area is 126 Å². The molecule has 0 saturated heterocycles. The van der Waals surface area contributed by atoms with Gasteiger partial charge in [-0.3, -0.25) is 0 Å². The lowest BCUT2D eigenvalue weighted by Crippen LogP contribution is -2.14. The lowest BCUT2D eigenvalue weighted by Gasteiger charge is -2.08. The third-order valence-electron chi connectivity index (χ3n) is 3.61. The Balaban J connectivity index is 2.52. The molecule has 0 amide bonds. The first-order valence-electron chi connectivity index (χ1n) is 7.55. The maximum absolute atomic E-state index is 9.07. The van der Waals surface area contributed by atoms with E-state index in [1.54, 1.807) is 0 Å². The van der Waals surface area contributed by atoms with Crippen LogP contribution in [-0.2, 0) is 19.4 Å². The van der Waals surface area contributed by atoms with Crippen LogP contribution in [0.15, 0.2) is 24.3 Å². The molecule has 4 nitrogen and oxygen atoms in total. The minimum absolute atomic E-state index is 0.663. The topological polar surface area (TPSA) is 53.6 Å². The molecule has 1 aromatic carbocycles. The molecule has 110 valence electrons. The largest absolute Gasteiger partial charge is 0.313 e. The second-order valence-electron chi connectivity index (χ2n) is 4.93. The van der Waals surface area contributed by atoms with E-state index in [0.717, 1.165) is 37.3 Å². The number of aromatic nitrogens is 2. The van der Waals surface area contributed by atoms with E-state index < -0.39 is 0 Å². The number of aryl methyl sites for hydroxylation is 1. The Kier molecular flexibility index (Phi) is 5.13. The predicted molar refractivity (Wildman–Crippen MR) is 84.4 cm³/mol. The molecule has 4 heteroatoms. The zero-order chi connectivity index (χ0) is 15.2. The smallest absolute Gasteiger partial charge is 0.0992 e. The van der Waals surface area contributed by atoms with Gasteiger partial charge in [-0.15, -0.1) is 0 Å². The first-order valence-corrected chi connectivity index (χ1v) is 7.55. The molecule has 0 bridgehead atoms. The fourth-order valence-corrected chi connectivity index (χ4v) is 2.56. The summed E-state index contributed by atoms with van der Waals surface area (Å²) in [6.45, 7) is 8.18. The highest BCUT2D eigenvalue weighted by molar-refractivity contribution is 5.43. The van der Waals surface area contributed by atoms with Gasteiger partial charge >= 0.3 is 0 Å². The zero-order valence-electron chi connectivity index (χ0n) is 13.0. The Morgan fingerprint density at radius 2 is 2.05 bits per heavy atom. The predicted octanol–water partition coefficient (Wildman–Crippen LogP) is 2.98. The van der Waals surface area contributed by atoms with Crippen molar-refractivity contribution in [2.24, 2.45) is 0 Å². The van der Waals surface area contributed by atoms with Gasteiger partial charge in [0.25, 0.3) is 0 Å². The number of hydrogen-bond acceptors (Lipinski definition) is 3. The summed E-state index contributed by atoms with van der Waals surface area (Å²) in [5, 5.41) is 17.2. The highest BCUT2D eigenvalue weighted by Crippen LogP contribution is 2.21. The molecular formula is C17H22N4. The third-order valence-corrected chi connectivity index (χ3v) is 3.61. The van der Waals surface area contributed by atoms with Gasteiger partial charge in [-0.05, 0) is 37.6 Å². The van der Waals surface area contributed by atoms with Gasteiger partial charge in [-0.25, -0.2) is 4.68 Å². The molecule has 21 heavy (non-hydrogen) atoms. The number of nitrogens with one attached hydrogen (secondary N) is 1. The summed E-state index contributed by atoms with van der Waals surface area (Å²) in [7, 11) is 0. The Bertz CT molecular complexity index is 649. The molecule has 1 N–H and O–H groups in total. The number of nitriles is 1. The minimum atomic E-state index is 0.663. The second kappa shape index (κ2) is 7.05. The van der Waals surface area contributed by atoms with Crippen LogP contribution >= 0.6 is 0 Å². The minimum Gasteiger partial charge on any atom is -0.313 e. The van der Waals surface area contributed by atoms with Gasteiger partial charge in [0.05, 0.1) is 23.0 Å². The average Bonchev–Trinajstić information content (AvgIpc) is 2.90. The number of rotatable bonds is 6. The fraction of sp³-hybridized carbons (Fsp3) is 0.412. The molecule has 2 rings (SSSR count). The van der Waals surface area contributed by atoms with Gasteiger partial charge in [0.1, 0.15) is 0 Å². The van der Waals surface area contributed by atoms with Crippen LogP contribution in [-0.4, -0.2) is 16.3 Å². The van der Waals surface area contributed by atoms with E-state index in [4.69, 9.17) is 10.4 Å². The van der Waals surface area contributed by atoms with Gasteiger partial charge < -0.3 is 5.32 Å². The van der Waals surface area contributed by atoms with Gasteiger partial charge in [0.15, 0.2) is 0 Å². The Hall–Kier alpha value is -2.12. The Morgan fingerprint density at radius 1 is 1.24 bits per heavy atom. The average molecular weight is 282 g/mol. The van der Waals surface area contributed by atoms with Crippen molar-refractivity contribution in [1.82, 2.24) is 15.1 Å². The lowest BCUT2D eigenvalue weighted by atomic mass is 10.1. The van der Waals surface area contributed by atoms with Crippen LogP contribution in [0.2, 0.25) is 0 Å². The van der Waals surface area contributed by atoms with Crippen molar-refractivity contribution < 1.29 is 0 Å². The summed E-state index contributed by atoms with van der Waals surface area (Å²) in [5.41, 5.74) is 5.28. The molecule has 0 aliphatic carbocycles. The summed E-state index contributed by atoms with van der Waals surface area (Å²) in [4.78, 5) is 0.